The maximum absolute atomic E-state index is 12.1. The zero-order chi connectivity index (χ0) is 15.4. The van der Waals surface area contributed by atoms with Gasteiger partial charge in [0.05, 0.1) is 25.6 Å². The van der Waals surface area contributed by atoms with Crippen molar-refractivity contribution in [2.45, 2.75) is 0 Å². The maximum Gasteiger partial charge on any atom is 0.274 e. The van der Waals surface area contributed by atoms with Crippen LogP contribution < -0.4 is 20.5 Å². The van der Waals surface area contributed by atoms with Crippen LogP contribution in [0.5, 0.6) is 11.5 Å². The highest BCUT2D eigenvalue weighted by Gasteiger charge is 2.13. The van der Waals surface area contributed by atoms with Crippen LogP contribution in [-0.2, 0) is 0 Å². The Morgan fingerprint density at radius 3 is 2.48 bits per heavy atom. The number of pyridine rings is 1. The van der Waals surface area contributed by atoms with Gasteiger partial charge in [-0.1, -0.05) is 0 Å². The summed E-state index contributed by atoms with van der Waals surface area (Å²) < 4.78 is 11.1. The maximum atomic E-state index is 12.1. The van der Waals surface area contributed by atoms with Crippen LogP contribution in [0.3, 0.4) is 0 Å². The van der Waals surface area contributed by atoms with Crippen molar-refractivity contribution in [3.63, 3.8) is 0 Å². The molecule has 0 aliphatic carbocycles. The van der Waals surface area contributed by atoms with E-state index in [0.29, 0.717) is 22.9 Å². The molecule has 1 aromatic heterocycles. The van der Waals surface area contributed by atoms with Gasteiger partial charge in [-0.3, -0.25) is 4.79 Å². The number of nitrogens with one attached hydrogen (secondary N) is 1. The van der Waals surface area contributed by atoms with Crippen LogP contribution in [0.25, 0.3) is 0 Å². The second-order valence-electron chi connectivity index (χ2n) is 4.11. The molecule has 0 atom stereocenters. The smallest absolute Gasteiger partial charge is 0.274 e. The molecule has 2 rings (SSSR count). The molecule has 0 saturated heterocycles. The minimum Gasteiger partial charge on any atom is -0.493 e. The summed E-state index contributed by atoms with van der Waals surface area (Å²) in [5, 5.41) is 2.69. The summed E-state index contributed by atoms with van der Waals surface area (Å²) in [6, 6.07) is 6.53. The van der Waals surface area contributed by atoms with Crippen LogP contribution in [0.4, 0.5) is 11.4 Å². The SMILES string of the molecule is COc1cc(N)c(NC(=O)c2ccc(Br)cn2)cc1OC. The Morgan fingerprint density at radius 1 is 1.24 bits per heavy atom. The number of aromatic nitrogens is 1. The molecular formula is C14H14BrN3O3. The van der Waals surface area contributed by atoms with Crippen LogP contribution >= 0.6 is 15.9 Å². The largest absolute Gasteiger partial charge is 0.493 e. The Balaban J connectivity index is 2.26. The highest BCUT2D eigenvalue weighted by Crippen LogP contribution is 2.34. The second-order valence-corrected chi connectivity index (χ2v) is 5.03. The fraction of sp³-hybridized carbons (Fsp3) is 0.143. The lowest BCUT2D eigenvalue weighted by atomic mass is 10.2. The Hall–Kier alpha value is -2.28. The molecular weight excluding hydrogens is 338 g/mol. The first kappa shape index (κ1) is 15.1. The quantitative estimate of drug-likeness (QED) is 0.827. The van der Waals surface area contributed by atoms with Gasteiger partial charge in [0.1, 0.15) is 5.69 Å². The first-order valence-corrected chi connectivity index (χ1v) is 6.79. The second kappa shape index (κ2) is 6.45. The summed E-state index contributed by atoms with van der Waals surface area (Å²) in [4.78, 5) is 16.1. The van der Waals surface area contributed by atoms with Crippen molar-refractivity contribution in [3.8, 4) is 11.5 Å². The number of hydrogen-bond donors (Lipinski definition) is 2. The number of nitrogen functional groups attached to an aromatic ring is 1. The lowest BCUT2D eigenvalue weighted by molar-refractivity contribution is 0.102. The predicted octanol–water partition coefficient (Wildman–Crippen LogP) is 2.70. The van der Waals surface area contributed by atoms with Gasteiger partial charge in [-0.05, 0) is 28.1 Å². The van der Waals surface area contributed by atoms with Crippen LogP contribution in [0.1, 0.15) is 10.5 Å². The molecule has 0 unspecified atom stereocenters. The molecule has 3 N–H and O–H groups in total. The third-order valence-electron chi connectivity index (χ3n) is 2.76. The van der Waals surface area contributed by atoms with Gasteiger partial charge in [-0.2, -0.15) is 0 Å². The van der Waals surface area contributed by atoms with Crippen molar-refractivity contribution in [3.05, 3.63) is 40.6 Å². The van der Waals surface area contributed by atoms with E-state index in [1.165, 1.54) is 14.2 Å². The van der Waals surface area contributed by atoms with Crippen molar-refractivity contribution >= 4 is 33.2 Å². The zero-order valence-electron chi connectivity index (χ0n) is 11.5. The van der Waals surface area contributed by atoms with E-state index in [-0.39, 0.29) is 11.6 Å². The first-order valence-electron chi connectivity index (χ1n) is 5.99. The summed E-state index contributed by atoms with van der Waals surface area (Å²) in [6.07, 6.45) is 1.55. The van der Waals surface area contributed by atoms with Crippen LogP contribution in [0, 0.1) is 0 Å². The molecule has 0 aliphatic heterocycles. The van der Waals surface area contributed by atoms with Crippen LogP contribution in [0.15, 0.2) is 34.9 Å². The monoisotopic (exact) mass is 351 g/mol. The highest BCUT2D eigenvalue weighted by molar-refractivity contribution is 9.10. The normalized spacial score (nSPS) is 10.0. The third-order valence-corrected chi connectivity index (χ3v) is 3.23. The first-order chi connectivity index (χ1) is 10.0. The minimum absolute atomic E-state index is 0.285. The van der Waals surface area contributed by atoms with E-state index in [1.54, 1.807) is 30.5 Å². The van der Waals surface area contributed by atoms with Crippen molar-refractivity contribution in [2.24, 2.45) is 0 Å². The molecule has 21 heavy (non-hydrogen) atoms. The van der Waals surface area contributed by atoms with Crippen molar-refractivity contribution in [2.75, 3.05) is 25.3 Å². The number of methoxy groups -OCH3 is 2. The number of ether oxygens (including phenoxy) is 2. The number of amides is 1. The van der Waals surface area contributed by atoms with E-state index < -0.39 is 0 Å². The summed E-state index contributed by atoms with van der Waals surface area (Å²) in [5.74, 6) is 0.613. The standard InChI is InChI=1S/C14H14BrN3O3/c1-20-12-5-9(16)11(6-13(12)21-2)18-14(19)10-4-3-8(15)7-17-10/h3-7H,16H2,1-2H3,(H,18,19). The number of carbonyl (C=O) groups is 1. The Morgan fingerprint density at radius 2 is 1.90 bits per heavy atom. The number of benzene rings is 1. The fourth-order valence-corrected chi connectivity index (χ4v) is 1.93. The van der Waals surface area contributed by atoms with Gasteiger partial charge in [0, 0.05) is 22.8 Å². The number of halogens is 1. The zero-order valence-corrected chi connectivity index (χ0v) is 13.1. The third kappa shape index (κ3) is 3.43. The van der Waals surface area contributed by atoms with Crippen molar-refractivity contribution in [1.82, 2.24) is 4.98 Å². The average Bonchev–Trinajstić information content (AvgIpc) is 2.49. The van der Waals surface area contributed by atoms with Gasteiger partial charge in [0.2, 0.25) is 0 Å². The number of hydrogen-bond acceptors (Lipinski definition) is 5. The van der Waals surface area contributed by atoms with Crippen LogP contribution in [0.2, 0.25) is 0 Å². The van der Waals surface area contributed by atoms with Gasteiger partial charge in [-0.25, -0.2) is 4.98 Å². The van der Waals surface area contributed by atoms with Gasteiger partial charge in [-0.15, -0.1) is 0 Å². The van der Waals surface area contributed by atoms with Crippen LogP contribution in [-0.4, -0.2) is 25.1 Å². The molecule has 2 aromatic rings. The summed E-state index contributed by atoms with van der Waals surface area (Å²) in [6.45, 7) is 0. The molecule has 1 aromatic carbocycles. The van der Waals surface area contributed by atoms with Gasteiger partial charge < -0.3 is 20.5 Å². The minimum atomic E-state index is -0.360. The predicted molar refractivity (Wildman–Crippen MR) is 83.8 cm³/mol. The molecule has 6 nitrogen and oxygen atoms in total. The Bertz CT molecular complexity index is 659. The molecule has 0 bridgehead atoms. The molecule has 0 saturated carbocycles. The molecule has 0 fully saturated rings. The van der Waals surface area contributed by atoms with Gasteiger partial charge >= 0.3 is 0 Å². The summed E-state index contributed by atoms with van der Waals surface area (Å²) >= 11 is 3.26. The highest BCUT2D eigenvalue weighted by atomic mass is 79.9. The van der Waals surface area contributed by atoms with Crippen molar-refractivity contribution < 1.29 is 14.3 Å². The molecule has 1 heterocycles. The summed E-state index contributed by atoms with van der Waals surface area (Å²) in [5.41, 5.74) is 6.98. The molecule has 1 amide bonds. The molecule has 7 heteroatoms. The van der Waals surface area contributed by atoms with Gasteiger partial charge in [0.25, 0.3) is 5.91 Å². The number of rotatable bonds is 4. The van der Waals surface area contributed by atoms with E-state index in [9.17, 15) is 4.79 Å². The van der Waals surface area contributed by atoms with Crippen molar-refractivity contribution in [1.29, 1.82) is 0 Å². The Kier molecular flexibility index (Phi) is 4.64. The van der Waals surface area contributed by atoms with E-state index in [0.717, 1.165) is 4.47 Å². The fourth-order valence-electron chi connectivity index (χ4n) is 1.70. The number of anilines is 2. The number of nitrogens with two attached hydrogens (primary N) is 1. The number of nitrogens with zero attached hydrogens (tertiary/aromatic N) is 1. The molecule has 0 radical (unpaired) electrons. The van der Waals surface area contributed by atoms with E-state index >= 15 is 0 Å². The molecule has 0 spiro atoms. The number of carbonyl (C=O) groups excluding carboxylic acids is 1. The van der Waals surface area contributed by atoms with E-state index in [4.69, 9.17) is 15.2 Å². The lowest BCUT2D eigenvalue weighted by Gasteiger charge is -2.13. The van der Waals surface area contributed by atoms with E-state index in [2.05, 4.69) is 26.2 Å². The molecule has 0 aliphatic rings. The summed E-state index contributed by atoms with van der Waals surface area (Å²) in [7, 11) is 3.03. The average molecular weight is 352 g/mol. The molecule has 110 valence electrons. The van der Waals surface area contributed by atoms with Gasteiger partial charge in [0.15, 0.2) is 11.5 Å². The Labute approximate surface area is 130 Å². The van der Waals surface area contributed by atoms with E-state index in [1.807, 2.05) is 0 Å². The topological polar surface area (TPSA) is 86.5 Å². The lowest BCUT2D eigenvalue weighted by Crippen LogP contribution is -2.14.